The van der Waals surface area contributed by atoms with E-state index in [0.29, 0.717) is 16.8 Å². The smallest absolute Gasteiger partial charge is 0.258 e. The molecule has 70 valence electrons. The van der Waals surface area contributed by atoms with Gasteiger partial charge in [0.05, 0.1) is 5.57 Å². The molecule has 0 bridgehead atoms. The van der Waals surface area contributed by atoms with Crippen LogP contribution in [0.25, 0.3) is 5.57 Å². The van der Waals surface area contributed by atoms with Crippen LogP contribution in [-0.2, 0) is 9.59 Å². The predicted octanol–water partition coefficient (Wildman–Crippen LogP) is 0.309. The van der Waals surface area contributed by atoms with Crippen LogP contribution in [0.1, 0.15) is 5.56 Å². The van der Waals surface area contributed by atoms with Gasteiger partial charge in [-0.2, -0.15) is 0 Å². The molecule has 0 saturated carbocycles. The highest BCUT2D eigenvalue weighted by Crippen LogP contribution is 2.18. The number of rotatable bonds is 1. The van der Waals surface area contributed by atoms with Gasteiger partial charge in [0.2, 0.25) is 0 Å². The molecule has 3 N–H and O–H groups in total. The minimum absolute atomic E-state index is 0.361. The third-order valence-electron chi connectivity index (χ3n) is 1.98. The van der Waals surface area contributed by atoms with Crippen LogP contribution >= 0.6 is 0 Å². The van der Waals surface area contributed by atoms with Gasteiger partial charge in [0.1, 0.15) is 0 Å². The zero-order valence-electron chi connectivity index (χ0n) is 7.28. The maximum atomic E-state index is 11.2. The Hall–Kier alpha value is -2.10. The van der Waals surface area contributed by atoms with Crippen LogP contribution in [0.2, 0.25) is 0 Å². The van der Waals surface area contributed by atoms with Gasteiger partial charge in [-0.25, -0.2) is 0 Å². The van der Waals surface area contributed by atoms with E-state index in [4.69, 9.17) is 5.73 Å². The number of nitrogen functional groups attached to an aromatic ring is 1. The standard InChI is InChI=1S/C10H8N2O2/c11-7-3-1-6(2-4-7)8-5-9(13)12-10(8)14/h1-5H,11H2,(H,12,13,14). The van der Waals surface area contributed by atoms with Crippen molar-refractivity contribution in [3.05, 3.63) is 35.9 Å². The van der Waals surface area contributed by atoms with E-state index in [-0.39, 0.29) is 11.8 Å². The van der Waals surface area contributed by atoms with Gasteiger partial charge in [-0.05, 0) is 17.7 Å². The van der Waals surface area contributed by atoms with Crippen LogP contribution in [0, 0.1) is 0 Å². The molecule has 0 aromatic heterocycles. The maximum absolute atomic E-state index is 11.2. The predicted molar refractivity (Wildman–Crippen MR) is 52.0 cm³/mol. The van der Waals surface area contributed by atoms with Gasteiger partial charge in [-0.15, -0.1) is 0 Å². The van der Waals surface area contributed by atoms with Crippen molar-refractivity contribution in [3.8, 4) is 0 Å². The van der Waals surface area contributed by atoms with Gasteiger partial charge in [-0.3, -0.25) is 14.9 Å². The molecule has 4 heteroatoms. The van der Waals surface area contributed by atoms with Crippen LogP contribution < -0.4 is 11.1 Å². The molecule has 0 fully saturated rings. The Bertz CT molecular complexity index is 432. The van der Waals surface area contributed by atoms with Gasteiger partial charge in [-0.1, -0.05) is 12.1 Å². The van der Waals surface area contributed by atoms with Gasteiger partial charge in [0.25, 0.3) is 11.8 Å². The molecule has 0 spiro atoms. The first kappa shape index (κ1) is 8.50. The number of nitrogens with two attached hydrogens (primary N) is 1. The minimum Gasteiger partial charge on any atom is -0.399 e. The van der Waals surface area contributed by atoms with Crippen molar-refractivity contribution in [2.45, 2.75) is 0 Å². The Morgan fingerprint density at radius 3 is 2.21 bits per heavy atom. The van der Waals surface area contributed by atoms with Crippen molar-refractivity contribution in [1.29, 1.82) is 0 Å². The van der Waals surface area contributed by atoms with Gasteiger partial charge in [0.15, 0.2) is 0 Å². The molecule has 0 saturated heterocycles. The van der Waals surface area contributed by atoms with Crippen molar-refractivity contribution < 1.29 is 9.59 Å². The van der Waals surface area contributed by atoms with E-state index in [1.165, 1.54) is 6.08 Å². The molecule has 1 aromatic carbocycles. The second-order valence-electron chi connectivity index (χ2n) is 3.00. The molecule has 1 aliphatic rings. The molecule has 0 atom stereocenters. The molecule has 2 amide bonds. The number of hydrogen-bond acceptors (Lipinski definition) is 3. The molecule has 4 nitrogen and oxygen atoms in total. The van der Waals surface area contributed by atoms with Crippen LogP contribution in [-0.4, -0.2) is 11.8 Å². The molecule has 0 radical (unpaired) electrons. The van der Waals surface area contributed by atoms with Crippen LogP contribution in [0.15, 0.2) is 30.3 Å². The highest BCUT2D eigenvalue weighted by Gasteiger charge is 2.21. The lowest BCUT2D eigenvalue weighted by Gasteiger charge is -1.99. The topological polar surface area (TPSA) is 72.2 Å². The Kier molecular flexibility index (Phi) is 1.81. The zero-order valence-corrected chi connectivity index (χ0v) is 7.28. The average molecular weight is 188 g/mol. The molecule has 1 aromatic rings. The third kappa shape index (κ3) is 1.37. The molecular formula is C10H8N2O2. The lowest BCUT2D eigenvalue weighted by Crippen LogP contribution is -2.21. The van der Waals surface area contributed by atoms with Gasteiger partial charge in [0, 0.05) is 11.8 Å². The summed E-state index contributed by atoms with van der Waals surface area (Å²) in [5.41, 5.74) is 7.21. The quantitative estimate of drug-likeness (QED) is 0.492. The fourth-order valence-electron chi connectivity index (χ4n) is 1.29. The molecule has 1 heterocycles. The Morgan fingerprint density at radius 2 is 1.71 bits per heavy atom. The molecule has 0 unspecified atom stereocenters. The van der Waals surface area contributed by atoms with Crippen LogP contribution in [0.4, 0.5) is 5.69 Å². The summed E-state index contributed by atoms with van der Waals surface area (Å²) in [7, 11) is 0. The number of carbonyl (C=O) groups excluding carboxylic acids is 2. The summed E-state index contributed by atoms with van der Waals surface area (Å²) < 4.78 is 0. The van der Waals surface area contributed by atoms with Crippen LogP contribution in [0.3, 0.4) is 0 Å². The molecule has 1 aliphatic heterocycles. The fourth-order valence-corrected chi connectivity index (χ4v) is 1.29. The second kappa shape index (κ2) is 2.99. The average Bonchev–Trinajstić information content (AvgIpc) is 2.47. The van der Waals surface area contributed by atoms with E-state index < -0.39 is 0 Å². The lowest BCUT2D eigenvalue weighted by molar-refractivity contribution is -0.123. The fraction of sp³-hybridized carbons (Fsp3) is 0. The number of amides is 2. The van der Waals surface area contributed by atoms with Crippen LogP contribution in [0.5, 0.6) is 0 Å². The first-order valence-electron chi connectivity index (χ1n) is 4.10. The second-order valence-corrected chi connectivity index (χ2v) is 3.00. The van der Waals surface area contributed by atoms with Crippen molar-refractivity contribution in [3.63, 3.8) is 0 Å². The number of nitrogens with one attached hydrogen (secondary N) is 1. The van der Waals surface area contributed by atoms with Crippen molar-refractivity contribution in [2.75, 3.05) is 5.73 Å². The minimum atomic E-state index is -0.373. The Morgan fingerprint density at radius 1 is 1.07 bits per heavy atom. The van der Waals surface area contributed by atoms with E-state index in [9.17, 15) is 9.59 Å². The van der Waals surface area contributed by atoms with Crippen molar-refractivity contribution in [1.82, 2.24) is 5.32 Å². The summed E-state index contributed by atoms with van der Waals surface area (Å²) in [5, 5.41) is 2.18. The summed E-state index contributed by atoms with van der Waals surface area (Å²) in [5.74, 6) is -0.735. The van der Waals surface area contributed by atoms with Gasteiger partial charge >= 0.3 is 0 Å². The van der Waals surface area contributed by atoms with E-state index in [1.807, 2.05) is 0 Å². The van der Waals surface area contributed by atoms with Crippen molar-refractivity contribution in [2.24, 2.45) is 0 Å². The number of imide groups is 1. The first-order chi connectivity index (χ1) is 6.66. The number of anilines is 1. The Balaban J connectivity index is 2.41. The lowest BCUT2D eigenvalue weighted by atomic mass is 10.1. The zero-order chi connectivity index (χ0) is 10.1. The summed E-state index contributed by atoms with van der Waals surface area (Å²) in [4.78, 5) is 22.1. The van der Waals surface area contributed by atoms with Crippen molar-refractivity contribution >= 4 is 23.1 Å². The SMILES string of the molecule is Nc1ccc(C2=CC(=O)NC2=O)cc1. The highest BCUT2D eigenvalue weighted by molar-refractivity contribution is 6.33. The molecule has 2 rings (SSSR count). The molecular weight excluding hydrogens is 180 g/mol. The van der Waals surface area contributed by atoms with E-state index >= 15 is 0 Å². The third-order valence-corrected chi connectivity index (χ3v) is 1.98. The van der Waals surface area contributed by atoms with Gasteiger partial charge < -0.3 is 5.73 Å². The van der Waals surface area contributed by atoms with E-state index in [0.717, 1.165) is 0 Å². The first-order valence-corrected chi connectivity index (χ1v) is 4.10. The summed E-state index contributed by atoms with van der Waals surface area (Å²) in [6.07, 6.45) is 1.29. The van der Waals surface area contributed by atoms with E-state index in [2.05, 4.69) is 5.32 Å². The molecule has 0 aliphatic carbocycles. The number of benzene rings is 1. The highest BCUT2D eigenvalue weighted by atomic mass is 16.2. The number of hydrogen-bond donors (Lipinski definition) is 2. The summed E-state index contributed by atoms with van der Waals surface area (Å²) in [6.45, 7) is 0. The largest absolute Gasteiger partial charge is 0.399 e. The summed E-state index contributed by atoms with van der Waals surface area (Å²) >= 11 is 0. The summed E-state index contributed by atoms with van der Waals surface area (Å²) in [6, 6.07) is 6.79. The Labute approximate surface area is 80.4 Å². The number of carbonyl (C=O) groups is 2. The maximum Gasteiger partial charge on any atom is 0.258 e. The normalized spacial score (nSPS) is 15.3. The van der Waals surface area contributed by atoms with E-state index in [1.54, 1.807) is 24.3 Å². The molecule has 14 heavy (non-hydrogen) atoms. The monoisotopic (exact) mass is 188 g/mol.